The first kappa shape index (κ1) is 15.3. The lowest BCUT2D eigenvalue weighted by Gasteiger charge is -2.11. The van der Waals surface area contributed by atoms with Crippen molar-refractivity contribution in [3.05, 3.63) is 70.8 Å². The van der Waals surface area contributed by atoms with Crippen LogP contribution in [0.3, 0.4) is 0 Å². The lowest BCUT2D eigenvalue weighted by molar-refractivity contribution is -0.137. The Morgan fingerprint density at radius 1 is 1.04 bits per heavy atom. The Morgan fingerprint density at radius 2 is 1.70 bits per heavy atom. The van der Waals surface area contributed by atoms with Crippen molar-refractivity contribution < 1.29 is 22.8 Å². The van der Waals surface area contributed by atoms with Crippen LogP contribution in [-0.4, -0.2) is 11.7 Å². The highest BCUT2D eigenvalue weighted by molar-refractivity contribution is 6.01. The van der Waals surface area contributed by atoms with Gasteiger partial charge in [0.25, 0.3) is 5.91 Å². The van der Waals surface area contributed by atoms with Crippen LogP contribution in [-0.2, 0) is 6.18 Å². The fraction of sp³-hybridized carbons (Fsp3) is 0.176. The first-order valence-corrected chi connectivity index (χ1v) is 6.96. The van der Waals surface area contributed by atoms with Crippen molar-refractivity contribution in [2.24, 2.45) is 0 Å². The number of benzene rings is 2. The van der Waals surface area contributed by atoms with Gasteiger partial charge in [-0.3, -0.25) is 9.59 Å². The van der Waals surface area contributed by atoms with Gasteiger partial charge in [0, 0.05) is 17.5 Å². The minimum absolute atomic E-state index is 0.00805. The Kier molecular flexibility index (Phi) is 3.67. The summed E-state index contributed by atoms with van der Waals surface area (Å²) in [6.07, 6.45) is -4.42. The second-order valence-electron chi connectivity index (χ2n) is 5.32. The first-order chi connectivity index (χ1) is 10.9. The third kappa shape index (κ3) is 2.97. The predicted octanol–water partition coefficient (Wildman–Crippen LogP) is 3.76. The molecule has 1 heterocycles. The van der Waals surface area contributed by atoms with Crippen LogP contribution in [0.15, 0.2) is 48.5 Å². The summed E-state index contributed by atoms with van der Waals surface area (Å²) in [4.78, 5) is 24.0. The molecule has 0 aromatic heterocycles. The van der Waals surface area contributed by atoms with E-state index in [1.165, 1.54) is 0 Å². The molecule has 0 aliphatic carbocycles. The summed E-state index contributed by atoms with van der Waals surface area (Å²) in [6, 6.07) is 10.6. The molecule has 0 fully saturated rings. The summed E-state index contributed by atoms with van der Waals surface area (Å²) in [5.74, 6) is -0.563. The molecule has 1 aliphatic heterocycles. The largest absolute Gasteiger partial charge is 0.416 e. The van der Waals surface area contributed by atoms with Crippen LogP contribution >= 0.6 is 0 Å². The average Bonchev–Trinajstić information content (AvgIpc) is 2.83. The molecular formula is C17H12F3NO2. The number of rotatable bonds is 3. The Bertz CT molecular complexity index is 766. The van der Waals surface area contributed by atoms with Crippen molar-refractivity contribution in [1.82, 2.24) is 5.32 Å². The van der Waals surface area contributed by atoms with Crippen molar-refractivity contribution >= 4 is 11.7 Å². The highest BCUT2D eigenvalue weighted by Gasteiger charge is 2.31. The van der Waals surface area contributed by atoms with Crippen LogP contribution < -0.4 is 5.32 Å². The lowest BCUT2D eigenvalue weighted by Crippen LogP contribution is -2.21. The van der Waals surface area contributed by atoms with Crippen LogP contribution in [0, 0.1) is 0 Å². The van der Waals surface area contributed by atoms with Crippen LogP contribution in [0.1, 0.15) is 44.3 Å². The van der Waals surface area contributed by atoms with Gasteiger partial charge in [-0.05, 0) is 23.8 Å². The third-order valence-electron chi connectivity index (χ3n) is 3.81. The van der Waals surface area contributed by atoms with E-state index >= 15 is 0 Å². The van der Waals surface area contributed by atoms with Gasteiger partial charge in [0.1, 0.15) is 0 Å². The number of ketones is 1. The van der Waals surface area contributed by atoms with Gasteiger partial charge in [-0.25, -0.2) is 0 Å². The van der Waals surface area contributed by atoms with E-state index in [9.17, 15) is 22.8 Å². The molecule has 1 amide bonds. The number of nitrogens with one attached hydrogen (secondary N) is 1. The number of halogens is 3. The van der Waals surface area contributed by atoms with Gasteiger partial charge >= 0.3 is 6.18 Å². The number of hydrogen-bond acceptors (Lipinski definition) is 2. The summed E-state index contributed by atoms with van der Waals surface area (Å²) in [5, 5.41) is 2.72. The highest BCUT2D eigenvalue weighted by Crippen LogP contribution is 2.31. The molecule has 0 saturated carbocycles. The molecule has 1 unspecified atom stereocenters. The van der Waals surface area contributed by atoms with Gasteiger partial charge in [0.05, 0.1) is 11.6 Å². The smallest absolute Gasteiger partial charge is 0.345 e. The SMILES string of the molecule is O=C(CC1NC(=O)c2ccccc21)c1ccc(C(F)(F)F)cc1. The number of hydrogen-bond donors (Lipinski definition) is 1. The number of carbonyl (C=O) groups excluding carboxylic acids is 2. The van der Waals surface area contributed by atoms with Gasteiger partial charge in [-0.15, -0.1) is 0 Å². The molecule has 3 rings (SSSR count). The normalized spacial score (nSPS) is 16.8. The maximum Gasteiger partial charge on any atom is 0.416 e. The second kappa shape index (κ2) is 5.53. The van der Waals surface area contributed by atoms with Gasteiger partial charge in [0.15, 0.2) is 5.78 Å². The van der Waals surface area contributed by atoms with E-state index in [0.29, 0.717) is 5.56 Å². The zero-order chi connectivity index (χ0) is 16.6. The van der Waals surface area contributed by atoms with Crippen LogP contribution in [0.2, 0.25) is 0 Å². The number of fused-ring (bicyclic) bond motifs is 1. The molecule has 1 N–H and O–H groups in total. The van der Waals surface area contributed by atoms with E-state index < -0.39 is 17.8 Å². The van der Waals surface area contributed by atoms with E-state index in [1.54, 1.807) is 24.3 Å². The fourth-order valence-corrected chi connectivity index (χ4v) is 2.63. The minimum Gasteiger partial charge on any atom is -0.345 e. The monoisotopic (exact) mass is 319 g/mol. The second-order valence-corrected chi connectivity index (χ2v) is 5.32. The summed E-state index contributed by atoms with van der Waals surface area (Å²) < 4.78 is 37.6. The van der Waals surface area contributed by atoms with Crippen molar-refractivity contribution in [3.63, 3.8) is 0 Å². The molecule has 118 valence electrons. The summed E-state index contributed by atoms with van der Waals surface area (Å²) >= 11 is 0. The molecule has 2 aromatic carbocycles. The van der Waals surface area contributed by atoms with Crippen molar-refractivity contribution in [2.75, 3.05) is 0 Å². The standard InChI is InChI=1S/C17H12F3NO2/c18-17(19,20)11-7-5-10(6-8-11)15(22)9-14-12-3-1-2-4-13(12)16(23)21-14/h1-8,14H,9H2,(H,21,23). The van der Waals surface area contributed by atoms with Crippen molar-refractivity contribution in [3.8, 4) is 0 Å². The Morgan fingerprint density at radius 3 is 2.35 bits per heavy atom. The van der Waals surface area contributed by atoms with Crippen LogP contribution in [0.4, 0.5) is 13.2 Å². The van der Waals surface area contributed by atoms with E-state index in [2.05, 4.69) is 5.32 Å². The predicted molar refractivity (Wildman–Crippen MR) is 77.0 cm³/mol. The molecule has 3 nitrogen and oxygen atoms in total. The van der Waals surface area contributed by atoms with E-state index in [0.717, 1.165) is 29.8 Å². The Hall–Kier alpha value is -2.63. The molecule has 1 atom stereocenters. The van der Waals surface area contributed by atoms with Crippen LogP contribution in [0.25, 0.3) is 0 Å². The lowest BCUT2D eigenvalue weighted by atomic mass is 9.97. The molecule has 1 aliphatic rings. The quantitative estimate of drug-likeness (QED) is 0.876. The van der Waals surface area contributed by atoms with Gasteiger partial charge in [-0.2, -0.15) is 13.2 Å². The molecule has 2 aromatic rings. The van der Waals surface area contributed by atoms with E-state index in [-0.39, 0.29) is 23.7 Å². The molecule has 0 bridgehead atoms. The van der Waals surface area contributed by atoms with Gasteiger partial charge in [0.2, 0.25) is 0 Å². The molecule has 0 radical (unpaired) electrons. The van der Waals surface area contributed by atoms with Gasteiger partial charge in [-0.1, -0.05) is 30.3 Å². The molecule has 6 heteroatoms. The average molecular weight is 319 g/mol. The van der Waals surface area contributed by atoms with Crippen LogP contribution in [0.5, 0.6) is 0 Å². The van der Waals surface area contributed by atoms with Crippen molar-refractivity contribution in [2.45, 2.75) is 18.6 Å². The Labute approximate surface area is 130 Å². The van der Waals surface area contributed by atoms with E-state index in [1.807, 2.05) is 0 Å². The fourth-order valence-electron chi connectivity index (χ4n) is 2.63. The summed E-state index contributed by atoms with van der Waals surface area (Å²) in [6.45, 7) is 0. The van der Waals surface area contributed by atoms with Gasteiger partial charge < -0.3 is 5.32 Å². The highest BCUT2D eigenvalue weighted by atomic mass is 19.4. The molecule has 0 spiro atoms. The zero-order valence-electron chi connectivity index (χ0n) is 11.9. The number of Topliss-reactive ketones (excluding diaryl/α,β-unsaturated/α-hetero) is 1. The molecule has 23 heavy (non-hydrogen) atoms. The first-order valence-electron chi connectivity index (χ1n) is 6.96. The molecule has 0 saturated heterocycles. The maximum absolute atomic E-state index is 12.5. The summed E-state index contributed by atoms with van der Waals surface area (Å²) in [7, 11) is 0. The summed E-state index contributed by atoms with van der Waals surface area (Å²) in [5.41, 5.74) is 0.653. The van der Waals surface area contributed by atoms with E-state index in [4.69, 9.17) is 0 Å². The number of alkyl halides is 3. The number of carbonyl (C=O) groups is 2. The topological polar surface area (TPSA) is 46.2 Å². The zero-order valence-corrected chi connectivity index (χ0v) is 11.9. The van der Waals surface area contributed by atoms with Crippen molar-refractivity contribution in [1.29, 1.82) is 0 Å². The molecular weight excluding hydrogens is 307 g/mol. The number of amides is 1. The maximum atomic E-state index is 12.5. The Balaban J connectivity index is 1.77. The minimum atomic E-state index is -4.43. The third-order valence-corrected chi connectivity index (χ3v) is 3.81.